The second kappa shape index (κ2) is 10.1. The van der Waals surface area contributed by atoms with E-state index in [-0.39, 0.29) is 18.4 Å². The molecule has 1 unspecified atom stereocenters. The molecule has 0 aliphatic carbocycles. The molecule has 0 saturated heterocycles. The molecule has 3 aromatic heterocycles. The van der Waals surface area contributed by atoms with Crippen LogP contribution in [0.25, 0.3) is 10.9 Å². The zero-order valence-electron chi connectivity index (χ0n) is 21.3. The molecule has 1 N–H and O–H groups in total. The van der Waals surface area contributed by atoms with Gasteiger partial charge in [-0.15, -0.1) is 5.10 Å². The molecule has 0 fully saturated rings. The number of hydrogen-bond acceptors (Lipinski definition) is 8. The third kappa shape index (κ3) is 4.78. The first-order valence-electron chi connectivity index (χ1n) is 12.6. The number of aryl methyl sites for hydroxylation is 1. The predicted octanol–water partition coefficient (Wildman–Crippen LogP) is 4.35. The highest BCUT2D eigenvalue weighted by molar-refractivity contribution is 5.79. The van der Waals surface area contributed by atoms with E-state index in [9.17, 15) is 4.79 Å². The van der Waals surface area contributed by atoms with E-state index >= 15 is 0 Å². The van der Waals surface area contributed by atoms with E-state index in [2.05, 4.69) is 32.3 Å². The van der Waals surface area contributed by atoms with Crippen molar-refractivity contribution in [3.05, 3.63) is 99.5 Å². The van der Waals surface area contributed by atoms with Gasteiger partial charge in [-0.2, -0.15) is 0 Å². The van der Waals surface area contributed by atoms with Crippen LogP contribution in [0.15, 0.2) is 70.1 Å². The van der Waals surface area contributed by atoms with Crippen molar-refractivity contribution in [3.8, 4) is 11.5 Å². The van der Waals surface area contributed by atoms with Gasteiger partial charge in [0.05, 0.1) is 12.3 Å². The predicted molar refractivity (Wildman–Crippen MR) is 140 cm³/mol. The summed E-state index contributed by atoms with van der Waals surface area (Å²) in [6.45, 7) is 5.69. The average molecular weight is 513 g/mol. The van der Waals surface area contributed by atoms with Crippen LogP contribution < -0.4 is 15.0 Å². The van der Waals surface area contributed by atoms with Crippen LogP contribution in [0.1, 0.15) is 47.7 Å². The number of furan rings is 1. The molecule has 0 amide bonds. The van der Waals surface area contributed by atoms with Crippen molar-refractivity contribution >= 4 is 10.9 Å². The molecule has 4 heterocycles. The number of nitrogens with one attached hydrogen (secondary N) is 1. The van der Waals surface area contributed by atoms with Crippen LogP contribution in [0.3, 0.4) is 0 Å². The van der Waals surface area contributed by atoms with Crippen molar-refractivity contribution in [1.82, 2.24) is 30.1 Å². The second-order valence-electron chi connectivity index (χ2n) is 9.51. The molecule has 1 aliphatic rings. The van der Waals surface area contributed by atoms with E-state index in [4.69, 9.17) is 13.9 Å². The summed E-state index contributed by atoms with van der Waals surface area (Å²) in [4.78, 5) is 18.5. The third-order valence-electron chi connectivity index (χ3n) is 6.85. The van der Waals surface area contributed by atoms with Gasteiger partial charge < -0.3 is 18.9 Å². The average Bonchev–Trinajstić information content (AvgIpc) is 3.68. The Morgan fingerprint density at radius 2 is 1.97 bits per heavy atom. The lowest BCUT2D eigenvalue weighted by Gasteiger charge is -2.30. The van der Waals surface area contributed by atoms with Crippen LogP contribution in [0.2, 0.25) is 0 Å². The monoisotopic (exact) mass is 512 g/mol. The Morgan fingerprint density at radius 3 is 2.82 bits per heavy atom. The number of aromatic nitrogens is 5. The summed E-state index contributed by atoms with van der Waals surface area (Å²) in [6.07, 6.45) is 2.36. The van der Waals surface area contributed by atoms with Crippen molar-refractivity contribution < 1.29 is 13.9 Å². The lowest BCUT2D eigenvalue weighted by Crippen LogP contribution is -2.32. The summed E-state index contributed by atoms with van der Waals surface area (Å²) >= 11 is 0. The topological polar surface area (TPSA) is 111 Å². The molecule has 194 valence electrons. The fraction of sp³-hybridized carbons (Fsp3) is 0.286. The Hall–Kier alpha value is -4.44. The van der Waals surface area contributed by atoms with Gasteiger partial charge in [-0.1, -0.05) is 25.1 Å². The summed E-state index contributed by atoms with van der Waals surface area (Å²) < 4.78 is 18.4. The summed E-state index contributed by atoms with van der Waals surface area (Å²) in [5.74, 6) is 2.92. The molecule has 10 heteroatoms. The maximum atomic E-state index is 13.2. The molecule has 5 aromatic rings. The van der Waals surface area contributed by atoms with Crippen molar-refractivity contribution in [2.45, 2.75) is 45.9 Å². The first-order chi connectivity index (χ1) is 18.6. The maximum absolute atomic E-state index is 13.2. The minimum absolute atomic E-state index is 0.108. The summed E-state index contributed by atoms with van der Waals surface area (Å²) in [7, 11) is 0. The Kier molecular flexibility index (Phi) is 6.38. The Bertz CT molecular complexity index is 1620. The van der Waals surface area contributed by atoms with E-state index < -0.39 is 0 Å². The molecule has 0 radical (unpaired) electrons. The highest BCUT2D eigenvalue weighted by atomic mass is 16.7. The number of H-pyrrole nitrogens is 1. The molecular weight excluding hydrogens is 484 g/mol. The Labute approximate surface area is 218 Å². The van der Waals surface area contributed by atoms with Crippen LogP contribution in [-0.4, -0.2) is 36.9 Å². The van der Waals surface area contributed by atoms with Gasteiger partial charge >= 0.3 is 0 Å². The van der Waals surface area contributed by atoms with Crippen LogP contribution in [0.4, 0.5) is 0 Å². The van der Waals surface area contributed by atoms with E-state index in [0.29, 0.717) is 31.0 Å². The van der Waals surface area contributed by atoms with Crippen molar-refractivity contribution in [3.63, 3.8) is 0 Å². The highest BCUT2D eigenvalue weighted by Gasteiger charge is 2.27. The maximum Gasteiger partial charge on any atom is 0.252 e. The van der Waals surface area contributed by atoms with E-state index in [1.807, 2.05) is 61.5 Å². The largest absolute Gasteiger partial charge is 0.467 e. The minimum atomic E-state index is -0.168. The zero-order chi connectivity index (χ0) is 26.1. The number of pyridine rings is 1. The van der Waals surface area contributed by atoms with Gasteiger partial charge in [0, 0.05) is 24.2 Å². The molecule has 0 saturated carbocycles. The summed E-state index contributed by atoms with van der Waals surface area (Å²) in [5, 5.41) is 13.6. The molecule has 38 heavy (non-hydrogen) atoms. The number of rotatable bonds is 9. The van der Waals surface area contributed by atoms with Gasteiger partial charge in [-0.25, -0.2) is 4.68 Å². The van der Waals surface area contributed by atoms with E-state index in [0.717, 1.165) is 45.7 Å². The number of aromatic amines is 1. The lowest BCUT2D eigenvalue weighted by atomic mass is 10.1. The lowest BCUT2D eigenvalue weighted by molar-refractivity contribution is 0.160. The fourth-order valence-corrected chi connectivity index (χ4v) is 4.96. The molecule has 10 nitrogen and oxygen atoms in total. The molecule has 1 aliphatic heterocycles. The van der Waals surface area contributed by atoms with Gasteiger partial charge in [0.25, 0.3) is 5.56 Å². The SMILES string of the molecule is CCC(c1nnnn1Cc1ccco1)N(Cc1ccc2c(c1)OCO2)Cc1cc2ccc(C)cc2[nH]c1=O. The number of fused-ring (bicyclic) bond motifs is 2. The molecular formula is C28H28N6O4. The van der Waals surface area contributed by atoms with Crippen LogP contribution in [0.5, 0.6) is 11.5 Å². The van der Waals surface area contributed by atoms with Crippen molar-refractivity contribution in [1.29, 1.82) is 0 Å². The third-order valence-corrected chi connectivity index (χ3v) is 6.85. The van der Waals surface area contributed by atoms with Crippen LogP contribution in [-0.2, 0) is 19.6 Å². The summed E-state index contributed by atoms with van der Waals surface area (Å²) in [6, 6.07) is 17.5. The molecule has 0 bridgehead atoms. The van der Waals surface area contributed by atoms with Gasteiger partial charge in [0.15, 0.2) is 17.3 Å². The standard InChI is InChI=1S/C28H28N6O4/c1-3-24(27-30-31-32-34(27)16-22-5-4-10-36-22)33(14-19-7-9-25-26(12-19)38-17-37-25)15-21-13-20-8-6-18(2)11-23(20)29-28(21)35/h4-13,24H,3,14-17H2,1-2H3,(H,29,35). The first kappa shape index (κ1) is 23.9. The Morgan fingerprint density at radius 1 is 1.08 bits per heavy atom. The normalized spacial score (nSPS) is 13.4. The number of hydrogen-bond donors (Lipinski definition) is 1. The fourth-order valence-electron chi connectivity index (χ4n) is 4.96. The molecule has 0 spiro atoms. The van der Waals surface area contributed by atoms with E-state index in [1.54, 1.807) is 10.9 Å². The van der Waals surface area contributed by atoms with Crippen LogP contribution >= 0.6 is 0 Å². The zero-order valence-corrected chi connectivity index (χ0v) is 21.3. The van der Waals surface area contributed by atoms with Crippen molar-refractivity contribution in [2.24, 2.45) is 0 Å². The number of nitrogens with zero attached hydrogens (tertiary/aromatic N) is 5. The van der Waals surface area contributed by atoms with Gasteiger partial charge in [-0.3, -0.25) is 9.69 Å². The molecule has 2 aromatic carbocycles. The smallest absolute Gasteiger partial charge is 0.252 e. The minimum Gasteiger partial charge on any atom is -0.467 e. The number of ether oxygens (including phenoxy) is 2. The van der Waals surface area contributed by atoms with Gasteiger partial charge in [-0.05, 0) is 76.7 Å². The van der Waals surface area contributed by atoms with Crippen LogP contribution in [0, 0.1) is 6.92 Å². The highest BCUT2D eigenvalue weighted by Crippen LogP contribution is 2.34. The van der Waals surface area contributed by atoms with Gasteiger partial charge in [0.2, 0.25) is 6.79 Å². The Balaban J connectivity index is 1.37. The second-order valence-corrected chi connectivity index (χ2v) is 9.51. The van der Waals surface area contributed by atoms with Gasteiger partial charge in [0.1, 0.15) is 12.3 Å². The first-order valence-corrected chi connectivity index (χ1v) is 12.6. The quantitative estimate of drug-likeness (QED) is 0.310. The molecule has 1 atom stereocenters. The van der Waals surface area contributed by atoms with E-state index in [1.165, 1.54) is 0 Å². The number of benzene rings is 2. The summed E-state index contributed by atoms with van der Waals surface area (Å²) in [5.41, 5.74) is 3.52. The molecule has 6 rings (SSSR count). The van der Waals surface area contributed by atoms with Crippen molar-refractivity contribution in [2.75, 3.05) is 6.79 Å². The number of tetrazole rings is 1.